The first-order valence-electron chi connectivity index (χ1n) is 8.39. The number of phenolic OH excluding ortho intramolecular Hbond substituents is 1. The maximum atomic E-state index is 13.1. The maximum absolute atomic E-state index is 13.1. The van der Waals surface area contributed by atoms with E-state index >= 15 is 0 Å². The highest BCUT2D eigenvalue weighted by Crippen LogP contribution is 2.44. The Hall–Kier alpha value is -3.17. The van der Waals surface area contributed by atoms with Gasteiger partial charge in [-0.1, -0.05) is 50.2 Å². The van der Waals surface area contributed by atoms with Crippen LogP contribution >= 0.6 is 11.3 Å². The molecular weight excluding hydrogens is 358 g/mol. The number of anilines is 1. The van der Waals surface area contributed by atoms with Crippen LogP contribution in [-0.4, -0.2) is 16.0 Å². The number of aromatic hydroxyl groups is 1. The van der Waals surface area contributed by atoms with Gasteiger partial charge in [-0.05, 0) is 23.3 Å². The van der Waals surface area contributed by atoms with Crippen LogP contribution in [0.5, 0.6) is 5.75 Å². The number of carbonyl (C=O) groups is 1. The van der Waals surface area contributed by atoms with Crippen molar-refractivity contribution in [3.63, 3.8) is 0 Å². The van der Waals surface area contributed by atoms with E-state index < -0.39 is 5.41 Å². The second-order valence-corrected chi connectivity index (χ2v) is 7.61. The molecule has 27 heavy (non-hydrogen) atoms. The molecule has 2 aromatic carbocycles. The highest BCUT2D eigenvalue weighted by atomic mass is 32.1. The van der Waals surface area contributed by atoms with Gasteiger partial charge in [0, 0.05) is 17.5 Å². The molecule has 5 nitrogen and oxygen atoms in total. The monoisotopic (exact) mass is 377 g/mol. The Balaban J connectivity index is 2.07. The summed E-state index contributed by atoms with van der Waals surface area (Å²) in [4.78, 5) is 20.6. The lowest BCUT2D eigenvalue weighted by Crippen LogP contribution is -2.37. The molecule has 1 amide bonds. The van der Waals surface area contributed by atoms with Gasteiger partial charge < -0.3 is 10.4 Å². The minimum atomic E-state index is -0.830. The fourth-order valence-electron chi connectivity index (χ4n) is 3.16. The molecule has 0 aliphatic carbocycles. The van der Waals surface area contributed by atoms with Gasteiger partial charge in [-0.25, -0.2) is 9.83 Å². The van der Waals surface area contributed by atoms with Crippen LogP contribution in [0, 0.1) is 12.0 Å². The molecule has 6 heteroatoms. The highest BCUT2D eigenvalue weighted by molar-refractivity contribution is 7.13. The van der Waals surface area contributed by atoms with Crippen LogP contribution in [-0.2, 0) is 4.79 Å². The van der Waals surface area contributed by atoms with Gasteiger partial charge in [0.25, 0.3) is 0 Å². The van der Waals surface area contributed by atoms with E-state index in [2.05, 4.69) is 15.1 Å². The number of amides is 1. The van der Waals surface area contributed by atoms with Crippen molar-refractivity contribution in [3.05, 3.63) is 82.7 Å². The lowest BCUT2D eigenvalue weighted by atomic mass is 9.70. The first-order chi connectivity index (χ1) is 12.9. The normalized spacial score (nSPS) is 12.2. The smallest absolute Gasteiger partial charge is 0.232 e. The Morgan fingerprint density at radius 3 is 2.59 bits per heavy atom. The van der Waals surface area contributed by atoms with Crippen molar-refractivity contribution in [2.45, 2.75) is 19.8 Å². The zero-order chi connectivity index (χ0) is 19.4. The number of nitrogens with one attached hydrogen (secondary N) is 1. The Bertz CT molecular complexity index is 976. The van der Waals surface area contributed by atoms with Gasteiger partial charge in [-0.2, -0.15) is 0 Å². The predicted molar refractivity (Wildman–Crippen MR) is 107 cm³/mol. The summed E-state index contributed by atoms with van der Waals surface area (Å²) in [5, 5.41) is 15.1. The Labute approximate surface area is 162 Å². The van der Waals surface area contributed by atoms with E-state index in [1.54, 1.807) is 23.7 Å². The molecule has 0 aliphatic heterocycles. The number of phenols is 1. The van der Waals surface area contributed by atoms with Crippen molar-refractivity contribution in [1.82, 2.24) is 4.98 Å². The number of carbonyl (C=O) groups excluding carboxylic acids is 1. The topological polar surface area (TPSA) is 66.6 Å². The fraction of sp³-hybridized carbons (Fsp3) is 0.190. The Morgan fingerprint density at radius 1 is 1.22 bits per heavy atom. The van der Waals surface area contributed by atoms with Gasteiger partial charge in [0.15, 0.2) is 5.13 Å². The van der Waals surface area contributed by atoms with Gasteiger partial charge >= 0.3 is 0 Å². The number of benzene rings is 2. The van der Waals surface area contributed by atoms with Crippen LogP contribution < -0.4 is 5.32 Å². The molecule has 1 aromatic heterocycles. The number of aromatic nitrogens is 1. The van der Waals surface area contributed by atoms with E-state index in [1.807, 2.05) is 44.2 Å². The van der Waals surface area contributed by atoms with E-state index in [0.717, 1.165) is 11.1 Å². The third kappa shape index (κ3) is 3.83. The zero-order valence-corrected chi connectivity index (χ0v) is 15.8. The number of hydrogen-bond acceptors (Lipinski definition) is 4. The molecule has 1 atom stereocenters. The molecule has 0 saturated heterocycles. The Kier molecular flexibility index (Phi) is 5.24. The number of thiazole rings is 1. The molecule has 2 N–H and O–H groups in total. The predicted octanol–water partition coefficient (Wildman–Crippen LogP) is 5.20. The van der Waals surface area contributed by atoms with Crippen LogP contribution in [0.1, 0.15) is 30.9 Å². The van der Waals surface area contributed by atoms with Gasteiger partial charge in [0.1, 0.15) is 5.75 Å². The fourth-order valence-corrected chi connectivity index (χ4v) is 3.68. The molecule has 0 bridgehead atoms. The number of nitrogens with zero attached hydrogens (tertiary/aromatic N) is 2. The molecule has 0 fully saturated rings. The van der Waals surface area contributed by atoms with Crippen molar-refractivity contribution in [1.29, 1.82) is 0 Å². The SMILES string of the molecule is [C-]#[N+]c1cc([C@@H](c2ccccc2)C(C)(C)C(=O)Nc2nccs2)ccc1O. The van der Waals surface area contributed by atoms with E-state index in [4.69, 9.17) is 6.57 Å². The van der Waals surface area contributed by atoms with E-state index in [9.17, 15) is 9.90 Å². The average molecular weight is 377 g/mol. The Morgan fingerprint density at radius 2 is 1.96 bits per heavy atom. The summed E-state index contributed by atoms with van der Waals surface area (Å²) in [6.45, 7) is 11.0. The second-order valence-electron chi connectivity index (χ2n) is 6.72. The van der Waals surface area contributed by atoms with Crippen molar-refractivity contribution < 1.29 is 9.90 Å². The molecule has 0 aliphatic rings. The third-order valence-electron chi connectivity index (χ3n) is 4.55. The zero-order valence-electron chi connectivity index (χ0n) is 15.0. The summed E-state index contributed by atoms with van der Waals surface area (Å²) in [5.41, 5.74) is 1.09. The number of rotatable bonds is 5. The van der Waals surface area contributed by atoms with Crippen LogP contribution in [0.4, 0.5) is 10.8 Å². The number of hydrogen-bond donors (Lipinski definition) is 2. The molecule has 0 spiro atoms. The molecule has 3 rings (SSSR count). The lowest BCUT2D eigenvalue weighted by molar-refractivity contribution is -0.124. The van der Waals surface area contributed by atoms with Crippen molar-refractivity contribution in [2.24, 2.45) is 5.41 Å². The minimum Gasteiger partial charge on any atom is -0.519 e. The second kappa shape index (κ2) is 7.60. The lowest BCUT2D eigenvalue weighted by Gasteiger charge is -2.34. The summed E-state index contributed by atoms with van der Waals surface area (Å²) in [6.07, 6.45) is 1.64. The van der Waals surface area contributed by atoms with Crippen LogP contribution in [0.15, 0.2) is 60.1 Å². The minimum absolute atomic E-state index is 0.0643. The first-order valence-corrected chi connectivity index (χ1v) is 9.27. The summed E-state index contributed by atoms with van der Waals surface area (Å²) < 4.78 is 0. The largest absolute Gasteiger partial charge is 0.519 e. The van der Waals surface area contributed by atoms with E-state index in [0.29, 0.717) is 5.13 Å². The summed E-state index contributed by atoms with van der Waals surface area (Å²) in [5.74, 6) is -0.533. The van der Waals surface area contributed by atoms with Crippen LogP contribution in [0.3, 0.4) is 0 Å². The van der Waals surface area contributed by atoms with Gasteiger partial charge in [-0.15, -0.1) is 11.3 Å². The van der Waals surface area contributed by atoms with Gasteiger partial charge in [0.05, 0.1) is 12.0 Å². The molecule has 0 unspecified atom stereocenters. The van der Waals surface area contributed by atoms with Crippen LogP contribution in [0.25, 0.3) is 4.85 Å². The maximum Gasteiger partial charge on any atom is 0.232 e. The van der Waals surface area contributed by atoms with Crippen LogP contribution in [0.2, 0.25) is 0 Å². The van der Waals surface area contributed by atoms with Crippen molar-refractivity contribution >= 4 is 28.1 Å². The average Bonchev–Trinajstić information content (AvgIpc) is 3.17. The van der Waals surface area contributed by atoms with Crippen molar-refractivity contribution in [2.75, 3.05) is 5.32 Å². The molecular formula is C21H19N3O2S. The summed E-state index contributed by atoms with van der Waals surface area (Å²) in [6, 6.07) is 14.6. The molecule has 3 aromatic rings. The van der Waals surface area contributed by atoms with E-state index in [1.165, 1.54) is 17.4 Å². The third-order valence-corrected chi connectivity index (χ3v) is 5.23. The molecule has 0 saturated carbocycles. The standard InChI is InChI=1S/C21H19N3O2S/c1-21(2,19(26)24-20-23-11-12-27-20)18(14-7-5-4-6-8-14)15-9-10-17(25)16(13-15)22-3/h4-13,18,25H,1-2H3,(H,23,24,26)/t18-/m1/s1. The van der Waals surface area contributed by atoms with Gasteiger partial charge in [-0.3, -0.25) is 4.79 Å². The first kappa shape index (κ1) is 18.6. The molecule has 1 heterocycles. The molecule has 0 radical (unpaired) electrons. The summed E-state index contributed by atoms with van der Waals surface area (Å²) >= 11 is 1.36. The van der Waals surface area contributed by atoms with Crippen molar-refractivity contribution in [3.8, 4) is 5.75 Å². The summed E-state index contributed by atoms with van der Waals surface area (Å²) in [7, 11) is 0. The van der Waals surface area contributed by atoms with E-state index in [-0.39, 0.29) is 23.3 Å². The molecule has 136 valence electrons. The quantitative estimate of drug-likeness (QED) is 0.601. The highest BCUT2D eigenvalue weighted by Gasteiger charge is 2.39. The van der Waals surface area contributed by atoms with Gasteiger partial charge in [0.2, 0.25) is 11.6 Å².